The molecule has 1 amide bonds. The number of nitrogens with one attached hydrogen (secondary N) is 2. The molecule has 8 nitrogen and oxygen atoms in total. The van der Waals surface area contributed by atoms with E-state index >= 15 is 0 Å². The summed E-state index contributed by atoms with van der Waals surface area (Å²) in [4.78, 5) is 24.0. The van der Waals surface area contributed by atoms with Gasteiger partial charge in [-0.05, 0) is 49.4 Å². The minimum atomic E-state index is -0.499. The van der Waals surface area contributed by atoms with E-state index in [-0.39, 0.29) is 10.9 Å². The Labute approximate surface area is 232 Å². The number of aromatic nitrogens is 2. The number of hydrogen-bond acceptors (Lipinski definition) is 7. The van der Waals surface area contributed by atoms with Gasteiger partial charge < -0.3 is 20.1 Å². The van der Waals surface area contributed by atoms with Crippen LogP contribution in [0.4, 0.5) is 21.6 Å². The average molecular weight is 554 g/mol. The number of hydrogen-bond donors (Lipinski definition) is 2. The molecule has 2 fully saturated rings. The summed E-state index contributed by atoms with van der Waals surface area (Å²) in [6.45, 7) is 4.56. The van der Waals surface area contributed by atoms with Crippen LogP contribution < -0.4 is 15.4 Å². The molecule has 0 atom stereocenters. The summed E-state index contributed by atoms with van der Waals surface area (Å²) in [5, 5.41) is 6.85. The number of nitrogens with zero attached hydrogens (tertiary/aromatic N) is 3. The van der Waals surface area contributed by atoms with Gasteiger partial charge in [0.05, 0.1) is 29.4 Å². The molecule has 3 aromatic rings. The molecule has 2 N–H and O–H groups in total. The molecule has 0 radical (unpaired) electrons. The normalized spacial score (nSPS) is 17.0. The fourth-order valence-electron chi connectivity index (χ4n) is 4.96. The van der Waals surface area contributed by atoms with Crippen LogP contribution in [0, 0.1) is 11.7 Å². The lowest BCUT2D eigenvalue weighted by atomic mass is 10.1. The van der Waals surface area contributed by atoms with Crippen molar-refractivity contribution in [1.82, 2.24) is 14.9 Å². The van der Waals surface area contributed by atoms with Gasteiger partial charge in [-0.3, -0.25) is 9.69 Å². The first-order chi connectivity index (χ1) is 19.0. The van der Waals surface area contributed by atoms with Gasteiger partial charge in [-0.25, -0.2) is 14.4 Å². The highest BCUT2D eigenvalue weighted by Gasteiger charge is 2.18. The Bertz CT molecular complexity index is 1320. The highest BCUT2D eigenvalue weighted by Crippen LogP contribution is 2.35. The van der Waals surface area contributed by atoms with E-state index in [4.69, 9.17) is 21.1 Å². The summed E-state index contributed by atoms with van der Waals surface area (Å²) in [6, 6.07) is 8.00. The Kier molecular flexibility index (Phi) is 9.23. The van der Waals surface area contributed by atoms with Crippen LogP contribution in [-0.2, 0) is 9.53 Å². The van der Waals surface area contributed by atoms with Crippen LogP contribution in [0.2, 0.25) is 5.02 Å². The zero-order valence-corrected chi connectivity index (χ0v) is 22.6. The van der Waals surface area contributed by atoms with Crippen molar-refractivity contribution in [3.05, 3.63) is 59.7 Å². The average Bonchev–Trinajstić information content (AvgIpc) is 3.32. The van der Waals surface area contributed by atoms with E-state index in [0.29, 0.717) is 59.5 Å². The van der Waals surface area contributed by atoms with Gasteiger partial charge in [0, 0.05) is 49.5 Å². The van der Waals surface area contributed by atoms with Gasteiger partial charge >= 0.3 is 0 Å². The quantitative estimate of drug-likeness (QED) is 0.316. The Hall–Kier alpha value is -3.27. The van der Waals surface area contributed by atoms with Gasteiger partial charge in [0.2, 0.25) is 5.91 Å². The molecule has 1 aliphatic heterocycles. The second kappa shape index (κ2) is 13.2. The molecule has 2 heterocycles. The topological polar surface area (TPSA) is 88.6 Å². The first kappa shape index (κ1) is 27.3. The monoisotopic (exact) mass is 553 g/mol. The van der Waals surface area contributed by atoms with Crippen LogP contribution in [0.15, 0.2) is 48.8 Å². The number of halogens is 2. The zero-order valence-electron chi connectivity index (χ0n) is 21.8. The van der Waals surface area contributed by atoms with E-state index in [9.17, 15) is 9.18 Å². The van der Waals surface area contributed by atoms with Gasteiger partial charge in [0.1, 0.15) is 23.7 Å². The number of rotatable bonds is 9. The number of fused-ring (bicyclic) bond motifs is 1. The third-order valence-electron chi connectivity index (χ3n) is 7.07. The van der Waals surface area contributed by atoms with Crippen molar-refractivity contribution in [1.29, 1.82) is 0 Å². The second-order valence-corrected chi connectivity index (χ2v) is 10.4. The molecule has 2 aromatic carbocycles. The second-order valence-electron chi connectivity index (χ2n) is 9.96. The summed E-state index contributed by atoms with van der Waals surface area (Å²) in [5.41, 5.74) is 1.77. The molecule has 5 rings (SSSR count). The fourth-order valence-corrected chi connectivity index (χ4v) is 5.14. The van der Waals surface area contributed by atoms with E-state index < -0.39 is 5.82 Å². The maximum absolute atomic E-state index is 13.7. The highest BCUT2D eigenvalue weighted by atomic mass is 35.5. The largest absolute Gasteiger partial charge is 0.491 e. The van der Waals surface area contributed by atoms with Crippen molar-refractivity contribution >= 4 is 45.6 Å². The molecule has 0 bridgehead atoms. The van der Waals surface area contributed by atoms with Gasteiger partial charge in [-0.1, -0.05) is 30.5 Å². The lowest BCUT2D eigenvalue weighted by molar-refractivity contribution is -0.111. The van der Waals surface area contributed by atoms with Crippen LogP contribution in [0.25, 0.3) is 10.9 Å². The van der Waals surface area contributed by atoms with Crippen LogP contribution in [0.5, 0.6) is 5.75 Å². The summed E-state index contributed by atoms with van der Waals surface area (Å²) in [7, 11) is 0. The van der Waals surface area contributed by atoms with Crippen LogP contribution in [0.3, 0.4) is 0 Å². The molecule has 1 saturated heterocycles. The van der Waals surface area contributed by atoms with E-state index in [1.54, 1.807) is 12.1 Å². The Morgan fingerprint density at radius 3 is 2.87 bits per heavy atom. The first-order valence-electron chi connectivity index (χ1n) is 13.5. The predicted octanol–water partition coefficient (Wildman–Crippen LogP) is 5.95. The van der Waals surface area contributed by atoms with Crippen molar-refractivity contribution in [2.75, 3.05) is 50.1 Å². The van der Waals surface area contributed by atoms with Crippen molar-refractivity contribution in [2.45, 2.75) is 32.1 Å². The zero-order chi connectivity index (χ0) is 27.0. The Morgan fingerprint density at radius 1 is 1.15 bits per heavy atom. The first-order valence-corrected chi connectivity index (χ1v) is 13.8. The van der Waals surface area contributed by atoms with Gasteiger partial charge in [0.15, 0.2) is 0 Å². The van der Waals surface area contributed by atoms with Crippen LogP contribution in [-0.4, -0.2) is 60.2 Å². The highest BCUT2D eigenvalue weighted by molar-refractivity contribution is 6.31. The van der Waals surface area contributed by atoms with Crippen molar-refractivity contribution in [3.63, 3.8) is 0 Å². The van der Waals surface area contributed by atoms with Crippen LogP contribution >= 0.6 is 11.6 Å². The molecule has 0 spiro atoms. The number of benzene rings is 2. The van der Waals surface area contributed by atoms with E-state index in [1.807, 2.05) is 18.2 Å². The third kappa shape index (κ3) is 7.44. The third-order valence-corrected chi connectivity index (χ3v) is 7.36. The maximum atomic E-state index is 13.7. The number of carbonyl (C=O) groups excluding carboxylic acids is 1. The summed E-state index contributed by atoms with van der Waals surface area (Å²) < 4.78 is 25.4. The van der Waals surface area contributed by atoms with Gasteiger partial charge in [-0.2, -0.15) is 0 Å². The Balaban J connectivity index is 1.38. The summed E-state index contributed by atoms with van der Waals surface area (Å²) in [6.07, 6.45) is 10.6. The summed E-state index contributed by atoms with van der Waals surface area (Å²) >= 11 is 5.96. The molecule has 10 heteroatoms. The number of amides is 1. The lowest BCUT2D eigenvalue weighted by Gasteiger charge is -2.17. The smallest absolute Gasteiger partial charge is 0.248 e. The summed E-state index contributed by atoms with van der Waals surface area (Å²) in [5.74, 6) is 0.825. The van der Waals surface area contributed by atoms with E-state index in [1.165, 1.54) is 31.3 Å². The molecule has 206 valence electrons. The standard InChI is InChI=1S/C29H33ClFN5O3/c30-23-15-21(8-9-24(23)31)34-29-22-16-26(35-28(37)7-3-10-36-11-4-13-38-14-12-36)27(17-25(22)32-19-33-29)39-18-20-5-1-2-6-20/h3,7-9,15-17,19-20H,1-2,4-6,10-14,18H2,(H,35,37)(H,32,33,34)/b7-3+. The van der Waals surface area contributed by atoms with Crippen molar-refractivity contribution in [2.24, 2.45) is 5.92 Å². The molecule has 39 heavy (non-hydrogen) atoms. The molecule has 1 saturated carbocycles. The SMILES string of the molecule is O=C(/C=C/CN1CCCOCC1)Nc1cc2c(Nc3ccc(F)c(Cl)c3)ncnc2cc1OCC1CCCC1. The maximum Gasteiger partial charge on any atom is 0.248 e. The molecule has 0 unspecified atom stereocenters. The lowest BCUT2D eigenvalue weighted by Crippen LogP contribution is -2.26. The molecular weight excluding hydrogens is 521 g/mol. The van der Waals surface area contributed by atoms with Crippen LogP contribution in [0.1, 0.15) is 32.1 Å². The van der Waals surface area contributed by atoms with Gasteiger partial charge in [-0.15, -0.1) is 0 Å². The van der Waals surface area contributed by atoms with Crippen molar-refractivity contribution in [3.8, 4) is 5.75 Å². The number of anilines is 3. The number of ether oxygens (including phenoxy) is 2. The molecular formula is C29H33ClFN5O3. The minimum absolute atomic E-state index is 0.00778. The van der Waals surface area contributed by atoms with Gasteiger partial charge in [0.25, 0.3) is 0 Å². The molecule has 1 aromatic heterocycles. The van der Waals surface area contributed by atoms with E-state index in [0.717, 1.165) is 39.0 Å². The minimum Gasteiger partial charge on any atom is -0.491 e. The number of carbonyl (C=O) groups is 1. The van der Waals surface area contributed by atoms with Crippen molar-refractivity contribution < 1.29 is 18.7 Å². The predicted molar refractivity (Wildman–Crippen MR) is 151 cm³/mol. The van der Waals surface area contributed by atoms with E-state index in [2.05, 4.69) is 25.5 Å². The fraction of sp³-hybridized carbons (Fsp3) is 0.414. The molecule has 1 aliphatic carbocycles. The Morgan fingerprint density at radius 2 is 2.03 bits per heavy atom. The molecule has 2 aliphatic rings.